The van der Waals surface area contributed by atoms with E-state index in [1.165, 1.54) is 75.4 Å². The van der Waals surface area contributed by atoms with Crippen LogP contribution in [0, 0.1) is 0 Å². The number of rotatable bonds is 3. The molecule has 0 saturated carbocycles. The molecule has 2 nitrogen and oxygen atoms in total. The summed E-state index contributed by atoms with van der Waals surface area (Å²) in [6.07, 6.45) is 0. The zero-order valence-electron chi connectivity index (χ0n) is 30.4. The second-order valence-corrected chi connectivity index (χ2v) is 14.8. The Hall–Kier alpha value is -7.42. The van der Waals surface area contributed by atoms with Gasteiger partial charge < -0.3 is 0 Å². The fourth-order valence-electron chi connectivity index (χ4n) is 9.31. The molecule has 0 aliphatic carbocycles. The molecule has 0 amide bonds. The topological polar surface area (TPSA) is 25.8 Å². The third kappa shape index (κ3) is 4.50. The molecule has 2 heterocycles. The predicted molar refractivity (Wildman–Crippen MR) is 238 cm³/mol. The van der Waals surface area contributed by atoms with Crippen molar-refractivity contribution in [1.29, 1.82) is 0 Å². The van der Waals surface area contributed by atoms with Gasteiger partial charge in [0, 0.05) is 43.4 Å². The van der Waals surface area contributed by atoms with Crippen LogP contribution in [0.5, 0.6) is 0 Å². The van der Waals surface area contributed by atoms with E-state index in [1.54, 1.807) is 0 Å². The maximum absolute atomic E-state index is 5.36. The molecule has 0 spiro atoms. The Morgan fingerprint density at radius 2 is 0.446 bits per heavy atom. The first kappa shape index (κ1) is 31.0. The van der Waals surface area contributed by atoms with Gasteiger partial charge in [0.15, 0.2) is 0 Å². The van der Waals surface area contributed by atoms with Crippen LogP contribution in [-0.2, 0) is 0 Å². The zero-order chi connectivity index (χ0) is 36.7. The number of para-hydroxylation sites is 2. The molecule has 2 aromatic heterocycles. The van der Waals surface area contributed by atoms with Crippen molar-refractivity contribution < 1.29 is 0 Å². The van der Waals surface area contributed by atoms with Crippen LogP contribution in [0.15, 0.2) is 194 Å². The van der Waals surface area contributed by atoms with Crippen LogP contribution in [0.2, 0.25) is 0 Å². The number of aromatic nitrogens is 2. The number of hydrogen-bond acceptors (Lipinski definition) is 2. The lowest BCUT2D eigenvalue weighted by Gasteiger charge is -2.17. The number of pyridine rings is 2. The molecule has 2 heteroatoms. The lowest BCUT2D eigenvalue weighted by atomic mass is 9.89. The zero-order valence-corrected chi connectivity index (χ0v) is 30.4. The molecule has 0 atom stereocenters. The van der Waals surface area contributed by atoms with Crippen molar-refractivity contribution in [3.8, 4) is 33.6 Å². The highest BCUT2D eigenvalue weighted by molar-refractivity contribution is 6.35. The summed E-state index contributed by atoms with van der Waals surface area (Å²) in [7, 11) is 0. The first-order chi connectivity index (χ1) is 27.8. The number of fused-ring (bicyclic) bond motifs is 16. The van der Waals surface area contributed by atoms with Gasteiger partial charge in [0.05, 0.1) is 22.4 Å². The van der Waals surface area contributed by atoms with Crippen LogP contribution in [0.1, 0.15) is 0 Å². The number of hydrogen-bond donors (Lipinski definition) is 0. The Morgan fingerprint density at radius 1 is 0.196 bits per heavy atom. The lowest BCUT2D eigenvalue weighted by Crippen LogP contribution is -1.93. The monoisotopic (exact) mass is 708 g/mol. The van der Waals surface area contributed by atoms with Gasteiger partial charge in [0.1, 0.15) is 0 Å². The van der Waals surface area contributed by atoms with Gasteiger partial charge >= 0.3 is 0 Å². The molecule has 10 aromatic carbocycles. The van der Waals surface area contributed by atoms with Gasteiger partial charge in [-0.25, -0.2) is 9.97 Å². The summed E-state index contributed by atoms with van der Waals surface area (Å²) in [6.45, 7) is 0. The molecule has 0 aliphatic heterocycles. The Kier molecular flexibility index (Phi) is 6.66. The third-order valence-corrected chi connectivity index (χ3v) is 11.8. The maximum atomic E-state index is 5.36. The standard InChI is InChI=1S/C54H32N2/c1-5-17-41-37(13-1)39-15-3-7-19-43(39)51-49(41)45-21-9-11-23-47(45)55-53(51)35-29-25-33(26-30-35)34-27-31-36(32-28-34)54-52-44-20-8-4-16-40(44)38-14-2-6-18-42(38)50(52)46-22-10-12-24-48(46)56-54/h1-32H. The second kappa shape index (κ2) is 12.0. The minimum absolute atomic E-state index is 1.01. The van der Waals surface area contributed by atoms with E-state index in [4.69, 9.17) is 9.97 Å². The van der Waals surface area contributed by atoms with Crippen LogP contribution in [0.25, 0.3) is 120 Å². The van der Waals surface area contributed by atoms with Gasteiger partial charge in [-0.3, -0.25) is 0 Å². The summed E-state index contributed by atoms with van der Waals surface area (Å²) in [4.78, 5) is 10.7. The molecule has 0 aliphatic rings. The van der Waals surface area contributed by atoms with Crippen LogP contribution < -0.4 is 0 Å². The van der Waals surface area contributed by atoms with E-state index in [1.807, 2.05) is 0 Å². The van der Waals surface area contributed by atoms with Gasteiger partial charge in [-0.05, 0) is 66.3 Å². The van der Waals surface area contributed by atoms with Crippen LogP contribution in [0.3, 0.4) is 0 Å². The summed E-state index contributed by atoms with van der Waals surface area (Å²) in [5.41, 5.74) is 8.56. The Labute approximate surface area is 322 Å². The number of benzene rings is 10. The van der Waals surface area contributed by atoms with Crippen molar-refractivity contribution in [2.45, 2.75) is 0 Å². The quantitative estimate of drug-likeness (QED) is 0.171. The second-order valence-electron chi connectivity index (χ2n) is 14.8. The molecule has 0 fully saturated rings. The Bertz CT molecular complexity index is 3330. The van der Waals surface area contributed by atoms with Crippen molar-refractivity contribution in [2.24, 2.45) is 0 Å². The molecule has 12 rings (SSSR count). The van der Waals surface area contributed by atoms with Crippen molar-refractivity contribution in [2.75, 3.05) is 0 Å². The van der Waals surface area contributed by atoms with Crippen LogP contribution >= 0.6 is 0 Å². The fourth-order valence-corrected chi connectivity index (χ4v) is 9.31. The molecule has 0 saturated heterocycles. The summed E-state index contributed by atoms with van der Waals surface area (Å²) in [5.74, 6) is 0. The molecule has 0 radical (unpaired) electrons. The highest BCUT2D eigenvalue weighted by Gasteiger charge is 2.19. The Balaban J connectivity index is 1.01. The minimum Gasteiger partial charge on any atom is -0.247 e. The molecule has 0 bridgehead atoms. The van der Waals surface area contributed by atoms with Gasteiger partial charge in [-0.2, -0.15) is 0 Å². The maximum Gasteiger partial charge on any atom is 0.0794 e. The molecule has 12 aromatic rings. The molecular formula is C54H32N2. The van der Waals surface area contributed by atoms with Crippen LogP contribution in [0.4, 0.5) is 0 Å². The molecular weight excluding hydrogens is 677 g/mol. The van der Waals surface area contributed by atoms with Gasteiger partial charge in [0.2, 0.25) is 0 Å². The molecule has 0 N–H and O–H groups in total. The highest BCUT2D eigenvalue weighted by atomic mass is 14.7. The largest absolute Gasteiger partial charge is 0.247 e. The summed E-state index contributed by atoms with van der Waals surface area (Å²) in [6, 6.07) is 70.1. The summed E-state index contributed by atoms with van der Waals surface area (Å²) >= 11 is 0. The van der Waals surface area contributed by atoms with Crippen LogP contribution in [-0.4, -0.2) is 9.97 Å². The van der Waals surface area contributed by atoms with Crippen molar-refractivity contribution in [3.63, 3.8) is 0 Å². The van der Waals surface area contributed by atoms with E-state index in [0.717, 1.165) is 44.7 Å². The van der Waals surface area contributed by atoms with Gasteiger partial charge in [0.25, 0.3) is 0 Å². The van der Waals surface area contributed by atoms with E-state index >= 15 is 0 Å². The predicted octanol–water partition coefficient (Wildman–Crippen LogP) is 14.7. The SMILES string of the molecule is c1ccc2c(c1)nc(-c1ccc(-c3ccc(-c4nc5ccccc5c5c6ccccc6c6ccccc6c45)cc3)cc1)c1c3ccccc3c3ccccc3c21. The van der Waals surface area contributed by atoms with Gasteiger partial charge in [-0.15, -0.1) is 0 Å². The summed E-state index contributed by atoms with van der Waals surface area (Å²) < 4.78 is 0. The van der Waals surface area contributed by atoms with E-state index in [9.17, 15) is 0 Å². The Morgan fingerprint density at radius 3 is 0.786 bits per heavy atom. The van der Waals surface area contributed by atoms with E-state index in [2.05, 4.69) is 194 Å². The highest BCUT2D eigenvalue weighted by Crippen LogP contribution is 2.45. The van der Waals surface area contributed by atoms with Crippen molar-refractivity contribution >= 4 is 86.4 Å². The normalized spacial score (nSPS) is 11.9. The lowest BCUT2D eigenvalue weighted by molar-refractivity contribution is 1.43. The first-order valence-electron chi connectivity index (χ1n) is 19.3. The van der Waals surface area contributed by atoms with E-state index < -0.39 is 0 Å². The first-order valence-corrected chi connectivity index (χ1v) is 19.3. The van der Waals surface area contributed by atoms with Gasteiger partial charge in [-0.1, -0.05) is 182 Å². The third-order valence-electron chi connectivity index (χ3n) is 11.8. The average molecular weight is 709 g/mol. The minimum atomic E-state index is 1.01. The van der Waals surface area contributed by atoms with E-state index in [0.29, 0.717) is 0 Å². The van der Waals surface area contributed by atoms with Crippen molar-refractivity contribution in [3.05, 3.63) is 194 Å². The van der Waals surface area contributed by atoms with Crippen molar-refractivity contribution in [1.82, 2.24) is 9.97 Å². The smallest absolute Gasteiger partial charge is 0.0794 e. The summed E-state index contributed by atoms with van der Waals surface area (Å²) in [5, 5.41) is 17.3. The average Bonchev–Trinajstić information content (AvgIpc) is 3.28. The van der Waals surface area contributed by atoms with E-state index in [-0.39, 0.29) is 0 Å². The molecule has 56 heavy (non-hydrogen) atoms. The molecule has 258 valence electrons. The molecule has 0 unspecified atom stereocenters. The fraction of sp³-hybridized carbons (Fsp3) is 0. The number of nitrogens with zero attached hydrogens (tertiary/aromatic N) is 2.